The number of fused-ring (bicyclic) bond motifs is 1. The summed E-state index contributed by atoms with van der Waals surface area (Å²) in [7, 11) is 0. The molecule has 0 amide bonds. The summed E-state index contributed by atoms with van der Waals surface area (Å²) in [6, 6.07) is 13.3. The summed E-state index contributed by atoms with van der Waals surface area (Å²) >= 11 is 9.60. The Balaban J connectivity index is 1.71. The molecule has 1 aliphatic heterocycles. The minimum Gasteiger partial charge on any atom is -0.304 e. The normalized spacial score (nSPS) is 18.6. The monoisotopic (exact) mass is 295 g/mol. The number of benzene rings is 1. The lowest BCUT2D eigenvalue weighted by Crippen LogP contribution is -2.25. The second-order valence-electron chi connectivity index (χ2n) is 4.35. The van der Waals surface area contributed by atoms with E-state index in [1.54, 1.807) is 11.3 Å². The molecule has 4 heteroatoms. The highest BCUT2D eigenvalue weighted by Gasteiger charge is 2.19. The van der Waals surface area contributed by atoms with Crippen LogP contribution < -0.4 is 5.32 Å². The first-order valence-electron chi connectivity index (χ1n) is 5.96. The molecule has 94 valence electrons. The summed E-state index contributed by atoms with van der Waals surface area (Å²) < 4.78 is 0.866. The first-order chi connectivity index (χ1) is 8.83. The average Bonchev–Trinajstić information content (AvgIpc) is 2.82. The maximum absolute atomic E-state index is 5.95. The minimum atomic E-state index is 0.459. The maximum atomic E-state index is 5.95. The molecule has 1 aromatic carbocycles. The lowest BCUT2D eigenvalue weighted by atomic mass is 10.0. The highest BCUT2D eigenvalue weighted by Crippen LogP contribution is 2.32. The zero-order valence-electron chi connectivity index (χ0n) is 9.86. The van der Waals surface area contributed by atoms with Gasteiger partial charge in [-0.3, -0.25) is 0 Å². The highest BCUT2D eigenvalue weighted by atomic mass is 35.5. The van der Waals surface area contributed by atoms with Gasteiger partial charge in [0.1, 0.15) is 0 Å². The Labute approximate surface area is 121 Å². The molecular weight excluding hydrogens is 282 g/mol. The Morgan fingerprint density at radius 3 is 2.94 bits per heavy atom. The van der Waals surface area contributed by atoms with Gasteiger partial charge in [-0.2, -0.15) is 11.8 Å². The van der Waals surface area contributed by atoms with Gasteiger partial charge in [0.15, 0.2) is 0 Å². The van der Waals surface area contributed by atoms with Crippen molar-refractivity contribution in [3.63, 3.8) is 0 Å². The van der Waals surface area contributed by atoms with Crippen molar-refractivity contribution >= 4 is 34.7 Å². The largest absolute Gasteiger partial charge is 0.304 e. The lowest BCUT2D eigenvalue weighted by Gasteiger charge is -2.25. The van der Waals surface area contributed by atoms with Gasteiger partial charge >= 0.3 is 0 Å². The van der Waals surface area contributed by atoms with Crippen LogP contribution in [0.25, 0.3) is 0 Å². The molecule has 1 aromatic heterocycles. The molecule has 0 spiro atoms. The molecule has 1 N–H and O–H groups in total. The highest BCUT2D eigenvalue weighted by molar-refractivity contribution is 7.98. The van der Waals surface area contributed by atoms with E-state index >= 15 is 0 Å². The lowest BCUT2D eigenvalue weighted by molar-refractivity contribution is 0.579. The van der Waals surface area contributed by atoms with Crippen LogP contribution in [0.3, 0.4) is 0 Å². The molecule has 0 saturated carbocycles. The standard InChI is InChI=1S/C14H14ClNS2/c15-14-6-5-11(18-14)7-16-13-9-17-8-10-3-1-2-4-12(10)13/h1-6,13,16H,7-9H2. The van der Waals surface area contributed by atoms with Crippen molar-refractivity contribution in [1.82, 2.24) is 5.32 Å². The summed E-state index contributed by atoms with van der Waals surface area (Å²) in [6.07, 6.45) is 0. The van der Waals surface area contributed by atoms with Gasteiger partial charge in [0.05, 0.1) is 4.34 Å². The second kappa shape index (κ2) is 5.66. The van der Waals surface area contributed by atoms with Gasteiger partial charge in [-0.1, -0.05) is 35.9 Å². The van der Waals surface area contributed by atoms with E-state index in [1.165, 1.54) is 16.0 Å². The van der Waals surface area contributed by atoms with Crippen molar-refractivity contribution in [2.24, 2.45) is 0 Å². The molecule has 18 heavy (non-hydrogen) atoms. The van der Waals surface area contributed by atoms with Crippen LogP contribution in [0.2, 0.25) is 4.34 Å². The Morgan fingerprint density at radius 2 is 2.11 bits per heavy atom. The zero-order valence-corrected chi connectivity index (χ0v) is 12.2. The Kier molecular flexibility index (Phi) is 3.94. The van der Waals surface area contributed by atoms with E-state index < -0.39 is 0 Å². The third-order valence-electron chi connectivity index (χ3n) is 3.12. The molecule has 2 aromatic rings. The van der Waals surface area contributed by atoms with Crippen LogP contribution in [-0.4, -0.2) is 5.75 Å². The number of thioether (sulfide) groups is 1. The molecule has 3 rings (SSSR count). The molecule has 1 aliphatic rings. The SMILES string of the molecule is Clc1ccc(CNC2CSCc3ccccc32)s1. The molecule has 0 bridgehead atoms. The molecule has 0 fully saturated rings. The van der Waals surface area contributed by atoms with E-state index in [0.717, 1.165) is 22.4 Å². The van der Waals surface area contributed by atoms with Crippen LogP contribution in [-0.2, 0) is 12.3 Å². The fourth-order valence-electron chi connectivity index (χ4n) is 2.22. The molecular formula is C14H14ClNS2. The van der Waals surface area contributed by atoms with E-state index in [-0.39, 0.29) is 0 Å². The van der Waals surface area contributed by atoms with Crippen LogP contribution in [0.1, 0.15) is 22.0 Å². The maximum Gasteiger partial charge on any atom is 0.0931 e. The number of hydrogen-bond donors (Lipinski definition) is 1. The van der Waals surface area contributed by atoms with Crippen molar-refractivity contribution in [2.75, 3.05) is 5.75 Å². The number of halogens is 1. The first kappa shape index (κ1) is 12.5. The van der Waals surface area contributed by atoms with Crippen LogP contribution in [0.4, 0.5) is 0 Å². The fourth-order valence-corrected chi connectivity index (χ4v) is 4.39. The summed E-state index contributed by atoms with van der Waals surface area (Å²) in [6.45, 7) is 0.900. The third kappa shape index (κ3) is 2.75. The predicted molar refractivity (Wildman–Crippen MR) is 81.5 cm³/mol. The zero-order chi connectivity index (χ0) is 12.4. The van der Waals surface area contributed by atoms with Crippen LogP contribution in [0.15, 0.2) is 36.4 Å². The average molecular weight is 296 g/mol. The summed E-state index contributed by atoms with van der Waals surface area (Å²) in [5.74, 6) is 2.29. The first-order valence-corrected chi connectivity index (χ1v) is 8.31. The van der Waals surface area contributed by atoms with Gasteiger partial charge in [0.2, 0.25) is 0 Å². The molecule has 0 saturated heterocycles. The predicted octanol–water partition coefficient (Wildman–Crippen LogP) is 4.48. The summed E-state index contributed by atoms with van der Waals surface area (Å²) in [4.78, 5) is 1.30. The van der Waals surface area contributed by atoms with E-state index in [0.29, 0.717) is 6.04 Å². The van der Waals surface area contributed by atoms with Crippen molar-refractivity contribution in [3.8, 4) is 0 Å². The molecule has 2 heterocycles. The molecule has 1 nitrogen and oxygen atoms in total. The van der Waals surface area contributed by atoms with E-state index in [4.69, 9.17) is 11.6 Å². The number of rotatable bonds is 3. The second-order valence-corrected chi connectivity index (χ2v) is 7.18. The van der Waals surface area contributed by atoms with Crippen molar-refractivity contribution < 1.29 is 0 Å². The Morgan fingerprint density at radius 1 is 1.22 bits per heavy atom. The molecule has 1 atom stereocenters. The van der Waals surface area contributed by atoms with Gasteiger partial charge in [0, 0.05) is 29.0 Å². The summed E-state index contributed by atoms with van der Waals surface area (Å²) in [5.41, 5.74) is 2.93. The quantitative estimate of drug-likeness (QED) is 0.896. The van der Waals surface area contributed by atoms with E-state index in [2.05, 4.69) is 35.6 Å². The number of thiophene rings is 1. The number of nitrogens with one attached hydrogen (secondary N) is 1. The van der Waals surface area contributed by atoms with Gasteiger partial charge in [0.25, 0.3) is 0 Å². The van der Waals surface area contributed by atoms with Crippen molar-refractivity contribution in [3.05, 3.63) is 56.7 Å². The van der Waals surface area contributed by atoms with Gasteiger partial charge in [-0.05, 0) is 23.3 Å². The van der Waals surface area contributed by atoms with E-state index in [9.17, 15) is 0 Å². The third-order valence-corrected chi connectivity index (χ3v) is 5.44. The Bertz CT molecular complexity index is 538. The van der Waals surface area contributed by atoms with Crippen molar-refractivity contribution in [1.29, 1.82) is 0 Å². The fraction of sp³-hybridized carbons (Fsp3) is 0.286. The molecule has 1 unspecified atom stereocenters. The van der Waals surface area contributed by atoms with Crippen LogP contribution >= 0.6 is 34.7 Å². The van der Waals surface area contributed by atoms with Gasteiger partial charge in [-0.25, -0.2) is 0 Å². The molecule has 0 aliphatic carbocycles. The smallest absolute Gasteiger partial charge is 0.0931 e. The topological polar surface area (TPSA) is 12.0 Å². The van der Waals surface area contributed by atoms with Gasteiger partial charge in [-0.15, -0.1) is 11.3 Å². The van der Waals surface area contributed by atoms with E-state index in [1.807, 2.05) is 17.8 Å². The van der Waals surface area contributed by atoms with Gasteiger partial charge < -0.3 is 5.32 Å². The van der Waals surface area contributed by atoms with Crippen molar-refractivity contribution in [2.45, 2.75) is 18.3 Å². The Hall–Kier alpha value is -0.480. The number of hydrogen-bond acceptors (Lipinski definition) is 3. The molecule has 0 radical (unpaired) electrons. The summed E-state index contributed by atoms with van der Waals surface area (Å²) in [5, 5.41) is 3.64. The minimum absolute atomic E-state index is 0.459. The van der Waals surface area contributed by atoms with Crippen LogP contribution in [0.5, 0.6) is 0 Å². The van der Waals surface area contributed by atoms with Crippen LogP contribution in [0, 0.1) is 0 Å².